The van der Waals surface area contributed by atoms with Crippen LogP contribution in [0.15, 0.2) is 42.5 Å². The molecule has 2 rings (SSSR count). The van der Waals surface area contributed by atoms with Crippen LogP contribution >= 0.6 is 0 Å². The van der Waals surface area contributed by atoms with E-state index in [2.05, 4.69) is 0 Å². The molecule has 0 bridgehead atoms. The number of halogens is 2. The standard InChI is InChI=1S/C15H15F2NO/c1-10(19)11-7-8-15(13(17)9-11)18(2)14-6-4-3-5-12(14)16/h3-10,19H,1-2H3/t10-/m0/s1. The summed E-state index contributed by atoms with van der Waals surface area (Å²) < 4.78 is 27.7. The highest BCUT2D eigenvalue weighted by molar-refractivity contribution is 5.63. The van der Waals surface area contributed by atoms with Crippen LogP contribution in [0.3, 0.4) is 0 Å². The quantitative estimate of drug-likeness (QED) is 0.910. The van der Waals surface area contributed by atoms with Gasteiger partial charge in [0.1, 0.15) is 11.6 Å². The van der Waals surface area contributed by atoms with Gasteiger partial charge in [-0.15, -0.1) is 0 Å². The Morgan fingerprint density at radius 2 is 1.63 bits per heavy atom. The van der Waals surface area contributed by atoms with E-state index in [9.17, 15) is 13.9 Å². The van der Waals surface area contributed by atoms with E-state index < -0.39 is 17.7 Å². The van der Waals surface area contributed by atoms with Gasteiger partial charge in [0.15, 0.2) is 0 Å². The second-order valence-electron chi connectivity index (χ2n) is 4.40. The molecule has 0 aliphatic rings. The Kier molecular flexibility index (Phi) is 3.81. The van der Waals surface area contributed by atoms with E-state index in [0.717, 1.165) is 0 Å². The molecule has 1 atom stereocenters. The van der Waals surface area contributed by atoms with Crippen LogP contribution in [0.4, 0.5) is 20.2 Å². The molecule has 2 nitrogen and oxygen atoms in total. The summed E-state index contributed by atoms with van der Waals surface area (Å²) in [5.74, 6) is -0.909. The molecule has 0 heterocycles. The maximum absolute atomic E-state index is 14.0. The van der Waals surface area contributed by atoms with E-state index in [4.69, 9.17) is 0 Å². The number of nitrogens with zero attached hydrogens (tertiary/aromatic N) is 1. The normalized spacial score (nSPS) is 12.3. The number of hydrogen-bond donors (Lipinski definition) is 1. The molecule has 2 aromatic rings. The summed E-state index contributed by atoms with van der Waals surface area (Å²) in [5.41, 5.74) is 1.05. The zero-order valence-corrected chi connectivity index (χ0v) is 10.8. The molecule has 2 aromatic carbocycles. The van der Waals surface area contributed by atoms with Gasteiger partial charge in [-0.3, -0.25) is 0 Å². The number of hydrogen-bond acceptors (Lipinski definition) is 2. The first-order valence-electron chi connectivity index (χ1n) is 5.96. The van der Waals surface area contributed by atoms with Crippen LogP contribution < -0.4 is 4.90 Å². The molecular weight excluding hydrogens is 248 g/mol. The first kappa shape index (κ1) is 13.5. The highest BCUT2D eigenvalue weighted by atomic mass is 19.1. The maximum Gasteiger partial charge on any atom is 0.147 e. The molecule has 0 saturated carbocycles. The highest BCUT2D eigenvalue weighted by Gasteiger charge is 2.14. The third-order valence-corrected chi connectivity index (χ3v) is 3.03. The number of aliphatic hydroxyl groups is 1. The molecule has 0 saturated heterocycles. The molecule has 0 aromatic heterocycles. The number of aliphatic hydroxyl groups excluding tert-OH is 1. The SMILES string of the molecule is C[C@H](O)c1ccc(N(C)c2ccccc2F)c(F)c1. The number of rotatable bonds is 3. The van der Waals surface area contributed by atoms with Gasteiger partial charge in [0.05, 0.1) is 17.5 Å². The summed E-state index contributed by atoms with van der Waals surface area (Å²) in [6.07, 6.45) is -0.734. The topological polar surface area (TPSA) is 23.5 Å². The van der Waals surface area contributed by atoms with Crippen LogP contribution in [-0.2, 0) is 0 Å². The minimum atomic E-state index is -0.734. The fraction of sp³-hybridized carbons (Fsp3) is 0.200. The number of anilines is 2. The molecule has 19 heavy (non-hydrogen) atoms. The summed E-state index contributed by atoms with van der Waals surface area (Å²) in [4.78, 5) is 1.44. The molecule has 0 aliphatic heterocycles. The fourth-order valence-electron chi connectivity index (χ4n) is 1.91. The van der Waals surface area contributed by atoms with Crippen LogP contribution in [0.5, 0.6) is 0 Å². The van der Waals surface area contributed by atoms with Gasteiger partial charge < -0.3 is 10.0 Å². The third-order valence-electron chi connectivity index (χ3n) is 3.03. The second-order valence-corrected chi connectivity index (χ2v) is 4.40. The van der Waals surface area contributed by atoms with Crippen molar-refractivity contribution in [2.24, 2.45) is 0 Å². The zero-order valence-electron chi connectivity index (χ0n) is 10.8. The van der Waals surface area contributed by atoms with E-state index in [-0.39, 0.29) is 5.69 Å². The minimum Gasteiger partial charge on any atom is -0.389 e. The zero-order chi connectivity index (χ0) is 14.0. The van der Waals surface area contributed by atoms with Gasteiger partial charge in [0.2, 0.25) is 0 Å². The molecule has 0 spiro atoms. The van der Waals surface area contributed by atoms with Gasteiger partial charge in [-0.05, 0) is 36.8 Å². The molecular formula is C15H15F2NO. The molecule has 100 valence electrons. The Hall–Kier alpha value is -1.94. The van der Waals surface area contributed by atoms with Crippen molar-refractivity contribution in [3.63, 3.8) is 0 Å². The lowest BCUT2D eigenvalue weighted by Gasteiger charge is -2.21. The van der Waals surface area contributed by atoms with Crippen molar-refractivity contribution in [1.29, 1.82) is 0 Å². The van der Waals surface area contributed by atoms with Gasteiger partial charge in [-0.1, -0.05) is 18.2 Å². The fourth-order valence-corrected chi connectivity index (χ4v) is 1.91. The molecule has 0 radical (unpaired) electrons. The lowest BCUT2D eigenvalue weighted by Crippen LogP contribution is -2.13. The first-order valence-corrected chi connectivity index (χ1v) is 5.96. The van der Waals surface area contributed by atoms with E-state index in [0.29, 0.717) is 11.3 Å². The van der Waals surface area contributed by atoms with Crippen molar-refractivity contribution in [3.05, 3.63) is 59.7 Å². The van der Waals surface area contributed by atoms with Crippen LogP contribution in [0.25, 0.3) is 0 Å². The van der Waals surface area contributed by atoms with Crippen LogP contribution in [0, 0.1) is 11.6 Å². The predicted molar refractivity (Wildman–Crippen MR) is 71.5 cm³/mol. The van der Waals surface area contributed by atoms with Gasteiger partial charge in [-0.25, -0.2) is 8.78 Å². The van der Waals surface area contributed by atoms with E-state index in [1.54, 1.807) is 38.2 Å². The average Bonchev–Trinajstić information content (AvgIpc) is 2.38. The van der Waals surface area contributed by atoms with Crippen molar-refractivity contribution >= 4 is 11.4 Å². The van der Waals surface area contributed by atoms with Crippen molar-refractivity contribution in [1.82, 2.24) is 0 Å². The van der Waals surface area contributed by atoms with Gasteiger partial charge in [0.25, 0.3) is 0 Å². The minimum absolute atomic E-state index is 0.259. The van der Waals surface area contributed by atoms with Crippen LogP contribution in [0.1, 0.15) is 18.6 Å². The summed E-state index contributed by atoms with van der Waals surface area (Å²) in [6.45, 7) is 1.56. The predicted octanol–water partition coefficient (Wildman–Crippen LogP) is 3.79. The Morgan fingerprint density at radius 3 is 2.21 bits per heavy atom. The van der Waals surface area contributed by atoms with Gasteiger partial charge >= 0.3 is 0 Å². The molecule has 1 N–H and O–H groups in total. The van der Waals surface area contributed by atoms with E-state index >= 15 is 0 Å². The highest BCUT2D eigenvalue weighted by Crippen LogP contribution is 2.29. The van der Waals surface area contributed by atoms with Crippen molar-refractivity contribution in [2.75, 3.05) is 11.9 Å². The number of benzene rings is 2. The Morgan fingerprint density at radius 1 is 1.00 bits per heavy atom. The van der Waals surface area contributed by atoms with Gasteiger partial charge in [-0.2, -0.15) is 0 Å². The summed E-state index contributed by atoms with van der Waals surface area (Å²) >= 11 is 0. The van der Waals surface area contributed by atoms with Crippen LogP contribution in [-0.4, -0.2) is 12.2 Å². The largest absolute Gasteiger partial charge is 0.389 e. The lowest BCUT2D eigenvalue weighted by molar-refractivity contribution is 0.199. The van der Waals surface area contributed by atoms with E-state index in [1.807, 2.05) is 0 Å². The Labute approximate surface area is 110 Å². The Balaban J connectivity index is 2.40. The van der Waals surface area contributed by atoms with E-state index in [1.165, 1.54) is 23.1 Å². The maximum atomic E-state index is 14.0. The second kappa shape index (κ2) is 5.36. The molecule has 0 fully saturated rings. The molecule has 0 unspecified atom stereocenters. The summed E-state index contributed by atoms with van der Waals surface area (Å²) in [6, 6.07) is 10.6. The lowest BCUT2D eigenvalue weighted by atomic mass is 10.1. The molecule has 4 heteroatoms. The Bertz CT molecular complexity index is 584. The van der Waals surface area contributed by atoms with Crippen molar-refractivity contribution in [2.45, 2.75) is 13.0 Å². The van der Waals surface area contributed by atoms with Crippen molar-refractivity contribution in [3.8, 4) is 0 Å². The summed E-state index contributed by atoms with van der Waals surface area (Å²) in [5, 5.41) is 9.40. The van der Waals surface area contributed by atoms with Crippen LogP contribution in [0.2, 0.25) is 0 Å². The molecule has 0 amide bonds. The summed E-state index contributed by atoms with van der Waals surface area (Å²) in [7, 11) is 1.60. The van der Waals surface area contributed by atoms with Gasteiger partial charge in [0, 0.05) is 7.05 Å². The van der Waals surface area contributed by atoms with Crippen molar-refractivity contribution < 1.29 is 13.9 Å². The first-order chi connectivity index (χ1) is 9.00. The smallest absolute Gasteiger partial charge is 0.147 e. The average molecular weight is 263 g/mol. The number of para-hydroxylation sites is 1. The third kappa shape index (κ3) is 2.74. The monoisotopic (exact) mass is 263 g/mol. The molecule has 0 aliphatic carbocycles.